The van der Waals surface area contributed by atoms with E-state index in [9.17, 15) is 31.1 Å². The van der Waals surface area contributed by atoms with Gasteiger partial charge in [-0.2, -0.15) is 35.9 Å². The Balaban J connectivity index is 0.000000183. The number of carbonyl (C=O) groups is 1. The molecule has 76 heavy (non-hydrogen) atoms. The second-order valence-electron chi connectivity index (χ2n) is 17.3. The largest absolute Gasteiger partial charge is 0.461 e. The number of nitrogens with one attached hydrogen (secondary N) is 1. The zero-order valence-corrected chi connectivity index (χ0v) is 41.0. The Morgan fingerprint density at radius 2 is 1.04 bits per heavy atom. The number of amides is 1. The number of aromatic nitrogens is 4. The SMILES string of the molecule is Cc1ccc(-c2ccncc2)o1.Nc1cc(C(F)(F)F)ccc1N1CCN(Cc2ccccn2)CC1.O=C(Nc1cc(C(F)(F)F)ccc1N1CCN(Cc2ccccn2)CC1)c1ccc(-c2ccncc2)o1.O=C=O. The summed E-state index contributed by atoms with van der Waals surface area (Å²) in [6.07, 6.45) is 1.58. The van der Waals surface area contributed by atoms with Crippen LogP contribution in [0.2, 0.25) is 0 Å². The summed E-state index contributed by atoms with van der Waals surface area (Å²) in [5.74, 6) is 1.66. The van der Waals surface area contributed by atoms with Crippen LogP contribution in [0.1, 0.15) is 38.8 Å². The lowest BCUT2D eigenvalue weighted by Crippen LogP contribution is -2.46. The van der Waals surface area contributed by atoms with Crippen LogP contribution in [-0.2, 0) is 35.0 Å². The molecule has 8 aromatic rings. The molecular weight excluding hydrogens is 995 g/mol. The van der Waals surface area contributed by atoms with Gasteiger partial charge in [-0.15, -0.1) is 0 Å². The molecule has 15 nitrogen and oxygen atoms in total. The monoisotopic (exact) mass is 1050 g/mol. The quantitative estimate of drug-likeness (QED) is 0.0976. The van der Waals surface area contributed by atoms with Crippen LogP contribution >= 0.6 is 0 Å². The molecule has 1 amide bonds. The van der Waals surface area contributed by atoms with E-state index in [-0.39, 0.29) is 23.3 Å². The average molecular weight is 1050 g/mol. The van der Waals surface area contributed by atoms with E-state index in [0.29, 0.717) is 49.9 Å². The van der Waals surface area contributed by atoms with Gasteiger partial charge in [-0.3, -0.25) is 34.5 Å². The topological polar surface area (TPSA) is 180 Å². The van der Waals surface area contributed by atoms with E-state index in [2.05, 4.69) is 35.1 Å². The van der Waals surface area contributed by atoms with Crippen molar-refractivity contribution in [2.45, 2.75) is 32.4 Å². The number of halogens is 6. The minimum Gasteiger partial charge on any atom is -0.461 e. The van der Waals surface area contributed by atoms with Crippen molar-refractivity contribution in [3.05, 3.63) is 193 Å². The van der Waals surface area contributed by atoms with Gasteiger partial charge >= 0.3 is 18.5 Å². The van der Waals surface area contributed by atoms with Gasteiger partial charge in [0.15, 0.2) is 5.76 Å². The Morgan fingerprint density at radius 1 is 0.579 bits per heavy atom. The average Bonchev–Trinajstić information content (AvgIpc) is 4.11. The summed E-state index contributed by atoms with van der Waals surface area (Å²) >= 11 is 0. The number of nitrogens with zero attached hydrogens (tertiary/aromatic N) is 8. The van der Waals surface area contributed by atoms with Crippen molar-refractivity contribution in [3.63, 3.8) is 0 Å². The Labute approximate surface area is 433 Å². The van der Waals surface area contributed by atoms with Crippen LogP contribution in [0.15, 0.2) is 167 Å². The predicted octanol–water partition coefficient (Wildman–Crippen LogP) is 10.4. The molecule has 3 N–H and O–H groups in total. The van der Waals surface area contributed by atoms with Gasteiger partial charge in [-0.1, -0.05) is 12.1 Å². The number of rotatable bonds is 10. The zero-order valence-electron chi connectivity index (χ0n) is 41.0. The van der Waals surface area contributed by atoms with Crippen molar-refractivity contribution in [2.75, 3.05) is 73.2 Å². The molecule has 2 aliphatic rings. The fourth-order valence-corrected chi connectivity index (χ4v) is 8.26. The molecule has 0 bridgehead atoms. The number of alkyl halides is 6. The number of hydrogen-bond acceptors (Lipinski definition) is 14. The minimum atomic E-state index is -4.54. The van der Waals surface area contributed by atoms with Crippen molar-refractivity contribution in [1.29, 1.82) is 0 Å². The van der Waals surface area contributed by atoms with Crippen molar-refractivity contribution in [1.82, 2.24) is 29.7 Å². The first kappa shape index (κ1) is 55.1. The lowest BCUT2D eigenvalue weighted by molar-refractivity contribution is -0.191. The third-order valence-electron chi connectivity index (χ3n) is 12.1. The van der Waals surface area contributed by atoms with Gasteiger partial charge < -0.3 is 29.7 Å². The number of nitrogen functional groups attached to an aromatic ring is 1. The van der Waals surface area contributed by atoms with Crippen LogP contribution < -0.4 is 20.9 Å². The highest BCUT2D eigenvalue weighted by Crippen LogP contribution is 2.37. The molecule has 2 saturated heterocycles. The van der Waals surface area contributed by atoms with E-state index < -0.39 is 29.4 Å². The number of furan rings is 2. The molecule has 8 heterocycles. The number of carbonyl (C=O) groups excluding carboxylic acids is 3. The van der Waals surface area contributed by atoms with E-state index in [1.165, 1.54) is 18.2 Å². The summed E-state index contributed by atoms with van der Waals surface area (Å²) in [7, 11) is 0. The molecule has 2 aliphatic heterocycles. The Kier molecular flexibility index (Phi) is 18.9. The molecule has 0 unspecified atom stereocenters. The molecule has 0 atom stereocenters. The Morgan fingerprint density at radius 3 is 1.49 bits per heavy atom. The normalized spacial score (nSPS) is 13.9. The van der Waals surface area contributed by atoms with Crippen molar-refractivity contribution < 1.29 is 49.6 Å². The number of nitrogens with two attached hydrogens (primary N) is 1. The smallest absolute Gasteiger partial charge is 0.416 e. The number of hydrogen-bond donors (Lipinski definition) is 2. The molecule has 394 valence electrons. The molecule has 0 radical (unpaired) electrons. The van der Waals surface area contributed by atoms with Crippen LogP contribution in [0.4, 0.5) is 49.1 Å². The molecular formula is C55H52F6N10O5. The highest BCUT2D eigenvalue weighted by atomic mass is 19.4. The van der Waals surface area contributed by atoms with E-state index in [0.717, 1.165) is 91.0 Å². The number of piperazine rings is 2. The minimum absolute atomic E-state index is 0.00430. The summed E-state index contributed by atoms with van der Waals surface area (Å²) in [4.78, 5) is 54.3. The van der Waals surface area contributed by atoms with Crippen molar-refractivity contribution in [2.24, 2.45) is 0 Å². The van der Waals surface area contributed by atoms with Crippen LogP contribution in [-0.4, -0.2) is 94.2 Å². The summed E-state index contributed by atoms with van der Waals surface area (Å²) in [5, 5.41) is 2.64. The third-order valence-corrected chi connectivity index (χ3v) is 12.1. The van der Waals surface area contributed by atoms with Gasteiger partial charge in [0.1, 0.15) is 17.3 Å². The predicted molar refractivity (Wildman–Crippen MR) is 272 cm³/mol. The van der Waals surface area contributed by atoms with E-state index >= 15 is 0 Å². The molecule has 0 saturated carbocycles. The lowest BCUT2D eigenvalue weighted by atomic mass is 10.1. The molecule has 0 aliphatic carbocycles. The van der Waals surface area contributed by atoms with Gasteiger partial charge in [0, 0.05) is 114 Å². The maximum atomic E-state index is 13.5. The second-order valence-corrected chi connectivity index (χ2v) is 17.3. The molecule has 10 rings (SSSR count). The fourth-order valence-electron chi connectivity index (χ4n) is 8.26. The molecule has 21 heteroatoms. The van der Waals surface area contributed by atoms with E-state index in [1.54, 1.807) is 55.4 Å². The highest BCUT2D eigenvalue weighted by molar-refractivity contribution is 6.04. The van der Waals surface area contributed by atoms with E-state index in [4.69, 9.17) is 24.2 Å². The first-order chi connectivity index (χ1) is 36.6. The molecule has 6 aromatic heterocycles. The standard InChI is InChI=1S/C27H24F3N5O2.C17H19F3N4.C10H9NO.CO2/c28-27(29,30)20-4-5-23(35-15-13-34(14-16-35)18-21-3-1-2-10-32-21)22(17-20)33-26(36)25-7-6-24(37-25)19-8-11-31-12-9-19;18-17(19,20)13-4-5-16(15(21)11-13)24-9-7-23(8-10-24)12-14-3-1-2-6-22-14;1-8-2-3-10(12-8)9-4-6-11-7-5-9;2-1-3/h1-12,17H,13-16,18H2,(H,33,36);1-6,11H,7-10,12,21H2;2-7H,1H3;. The Bertz CT molecular complexity index is 3100. The third kappa shape index (κ3) is 15.7. The fraction of sp³-hybridized carbons (Fsp3) is 0.236. The lowest BCUT2D eigenvalue weighted by Gasteiger charge is -2.37. The van der Waals surface area contributed by atoms with Crippen LogP contribution in [0.3, 0.4) is 0 Å². The van der Waals surface area contributed by atoms with Crippen LogP contribution in [0.5, 0.6) is 0 Å². The maximum absolute atomic E-state index is 13.5. The molecule has 2 fully saturated rings. The van der Waals surface area contributed by atoms with Gasteiger partial charge in [0.25, 0.3) is 5.91 Å². The summed E-state index contributed by atoms with van der Waals surface area (Å²) < 4.78 is 89.7. The van der Waals surface area contributed by atoms with Crippen molar-refractivity contribution >= 4 is 34.8 Å². The molecule has 0 spiro atoms. The van der Waals surface area contributed by atoms with Gasteiger partial charge in [-0.25, -0.2) is 0 Å². The Hall–Kier alpha value is -8.65. The number of benzene rings is 2. The molecule has 2 aromatic carbocycles. The summed E-state index contributed by atoms with van der Waals surface area (Å²) in [6.45, 7) is 9.09. The van der Waals surface area contributed by atoms with Gasteiger partial charge in [0.05, 0.1) is 45.3 Å². The van der Waals surface area contributed by atoms with Crippen LogP contribution in [0.25, 0.3) is 22.6 Å². The first-order valence-corrected chi connectivity index (χ1v) is 23.8. The number of anilines is 4. The first-order valence-electron chi connectivity index (χ1n) is 23.8. The summed E-state index contributed by atoms with van der Waals surface area (Å²) in [5.41, 5.74) is 9.52. The van der Waals surface area contributed by atoms with Crippen molar-refractivity contribution in [3.8, 4) is 22.6 Å². The summed E-state index contributed by atoms with van der Waals surface area (Å²) in [6, 6.07) is 33.0. The second kappa shape index (κ2) is 26.0. The van der Waals surface area contributed by atoms with Gasteiger partial charge in [-0.05, 0) is 116 Å². The van der Waals surface area contributed by atoms with Crippen LogP contribution in [0, 0.1) is 6.92 Å². The number of pyridine rings is 4. The zero-order chi connectivity index (χ0) is 54.1. The highest BCUT2D eigenvalue weighted by Gasteiger charge is 2.33. The maximum Gasteiger partial charge on any atom is 0.416 e. The number of aryl methyl sites for hydroxylation is 1. The van der Waals surface area contributed by atoms with Gasteiger partial charge in [0.2, 0.25) is 0 Å². The van der Waals surface area contributed by atoms with E-state index in [1.807, 2.05) is 77.4 Å².